The van der Waals surface area contributed by atoms with E-state index in [2.05, 4.69) is 10.4 Å². The van der Waals surface area contributed by atoms with Crippen molar-refractivity contribution in [2.24, 2.45) is 7.05 Å². The van der Waals surface area contributed by atoms with E-state index in [1.54, 1.807) is 4.68 Å². The Morgan fingerprint density at radius 2 is 2.00 bits per heavy atom. The molecule has 1 aromatic heterocycles. The second-order valence-corrected chi connectivity index (χ2v) is 5.55. The van der Waals surface area contributed by atoms with Crippen molar-refractivity contribution in [3.8, 4) is 0 Å². The molecule has 0 aliphatic heterocycles. The quantitative estimate of drug-likeness (QED) is 0.931. The number of hydrogen-bond donors (Lipinski definition) is 1. The van der Waals surface area contributed by atoms with Crippen molar-refractivity contribution in [2.45, 2.75) is 31.6 Å². The van der Waals surface area contributed by atoms with Gasteiger partial charge in [-0.15, -0.1) is 0 Å². The van der Waals surface area contributed by atoms with Gasteiger partial charge in [-0.25, -0.2) is 0 Å². The molecule has 104 valence electrons. The van der Waals surface area contributed by atoms with Gasteiger partial charge in [0.2, 0.25) is 5.91 Å². The van der Waals surface area contributed by atoms with E-state index < -0.39 is 0 Å². The highest BCUT2D eigenvalue weighted by atomic mass is 16.2. The number of nitrogens with one attached hydrogen (secondary N) is 1. The number of carbonyl (C=O) groups excluding carboxylic acids is 1. The fourth-order valence-corrected chi connectivity index (χ4v) is 2.90. The lowest BCUT2D eigenvalue weighted by Crippen LogP contribution is -2.46. The summed E-state index contributed by atoms with van der Waals surface area (Å²) in [5.41, 5.74) is 1.66. The number of benzene rings is 1. The van der Waals surface area contributed by atoms with Crippen molar-refractivity contribution < 1.29 is 4.79 Å². The zero-order valence-electron chi connectivity index (χ0n) is 11.9. The molecule has 1 amide bonds. The third kappa shape index (κ3) is 2.01. The van der Waals surface area contributed by atoms with E-state index in [4.69, 9.17) is 0 Å². The number of aromatic nitrogens is 2. The summed E-state index contributed by atoms with van der Waals surface area (Å²) >= 11 is 0. The maximum Gasteiger partial charge on any atom is 0.236 e. The molecular formula is C16H19N3O. The molecular weight excluding hydrogens is 250 g/mol. The molecule has 1 aliphatic carbocycles. The molecule has 1 aliphatic rings. The van der Waals surface area contributed by atoms with Crippen LogP contribution in [-0.4, -0.2) is 15.7 Å². The predicted octanol–water partition coefficient (Wildman–Crippen LogP) is 2.79. The van der Waals surface area contributed by atoms with Crippen LogP contribution in [0.5, 0.6) is 0 Å². The van der Waals surface area contributed by atoms with E-state index in [0.29, 0.717) is 0 Å². The summed E-state index contributed by atoms with van der Waals surface area (Å²) in [5.74, 6) is 0.840. The summed E-state index contributed by atoms with van der Waals surface area (Å²) < 4.78 is 1.71. The number of aryl methyl sites for hydroxylation is 2. The first-order valence-electron chi connectivity index (χ1n) is 6.99. The molecule has 1 aromatic carbocycles. The fourth-order valence-electron chi connectivity index (χ4n) is 2.90. The molecule has 0 unspecified atom stereocenters. The average Bonchev–Trinajstić information content (AvgIpc) is 2.68. The van der Waals surface area contributed by atoms with Crippen LogP contribution >= 0.6 is 0 Å². The molecule has 0 atom stereocenters. The van der Waals surface area contributed by atoms with Crippen molar-refractivity contribution in [1.29, 1.82) is 0 Å². The first kappa shape index (κ1) is 12.9. The second kappa shape index (κ2) is 4.78. The maximum atomic E-state index is 12.7. The predicted molar refractivity (Wildman–Crippen MR) is 78.5 cm³/mol. The fraction of sp³-hybridized carbons (Fsp3) is 0.375. The van der Waals surface area contributed by atoms with Gasteiger partial charge in [0.1, 0.15) is 5.82 Å². The zero-order valence-corrected chi connectivity index (χ0v) is 11.9. The standard InChI is InChI=1S/C16H19N3O/c1-12-11-14(19(2)18-12)17-15(20)16(9-6-10-16)13-7-4-3-5-8-13/h3-5,7-8,11H,6,9-10H2,1-2H3,(H,17,20). The Morgan fingerprint density at radius 3 is 2.50 bits per heavy atom. The normalized spacial score (nSPS) is 16.5. The van der Waals surface area contributed by atoms with Gasteiger partial charge >= 0.3 is 0 Å². The molecule has 0 spiro atoms. The van der Waals surface area contributed by atoms with Crippen molar-refractivity contribution in [3.05, 3.63) is 47.7 Å². The highest BCUT2D eigenvalue weighted by Crippen LogP contribution is 2.44. The molecule has 0 saturated heterocycles. The van der Waals surface area contributed by atoms with Crippen molar-refractivity contribution in [1.82, 2.24) is 9.78 Å². The van der Waals surface area contributed by atoms with E-state index in [1.165, 1.54) is 0 Å². The van der Waals surface area contributed by atoms with E-state index in [1.807, 2.05) is 50.4 Å². The third-order valence-electron chi connectivity index (χ3n) is 4.21. The Labute approximate surface area is 118 Å². The Bertz CT molecular complexity index is 626. The van der Waals surface area contributed by atoms with Gasteiger partial charge < -0.3 is 5.32 Å². The van der Waals surface area contributed by atoms with Gasteiger partial charge in [0, 0.05) is 13.1 Å². The Hall–Kier alpha value is -2.10. The summed E-state index contributed by atoms with van der Waals surface area (Å²) in [6.07, 6.45) is 2.94. The molecule has 4 nitrogen and oxygen atoms in total. The van der Waals surface area contributed by atoms with Crippen molar-refractivity contribution in [3.63, 3.8) is 0 Å². The number of rotatable bonds is 3. The van der Waals surface area contributed by atoms with E-state index in [0.717, 1.165) is 36.3 Å². The summed E-state index contributed by atoms with van der Waals surface area (Å²) in [7, 11) is 1.85. The molecule has 0 bridgehead atoms. The Morgan fingerprint density at radius 1 is 1.30 bits per heavy atom. The summed E-state index contributed by atoms with van der Waals surface area (Å²) in [5, 5.41) is 7.30. The largest absolute Gasteiger partial charge is 0.310 e. The molecule has 2 aromatic rings. The molecule has 1 N–H and O–H groups in total. The molecule has 0 radical (unpaired) electrons. The van der Waals surface area contributed by atoms with Crippen LogP contribution in [0.2, 0.25) is 0 Å². The maximum absolute atomic E-state index is 12.7. The van der Waals surface area contributed by atoms with Crippen LogP contribution in [0.1, 0.15) is 30.5 Å². The van der Waals surface area contributed by atoms with Crippen molar-refractivity contribution >= 4 is 11.7 Å². The average molecular weight is 269 g/mol. The van der Waals surface area contributed by atoms with Gasteiger partial charge in [-0.1, -0.05) is 36.8 Å². The van der Waals surface area contributed by atoms with E-state index in [-0.39, 0.29) is 11.3 Å². The highest BCUT2D eigenvalue weighted by molar-refractivity contribution is 5.99. The van der Waals surface area contributed by atoms with Crippen LogP contribution in [-0.2, 0) is 17.3 Å². The topological polar surface area (TPSA) is 46.9 Å². The minimum atomic E-state index is -0.362. The first-order valence-corrected chi connectivity index (χ1v) is 6.99. The van der Waals surface area contributed by atoms with E-state index >= 15 is 0 Å². The smallest absolute Gasteiger partial charge is 0.236 e. The van der Waals surface area contributed by atoms with Gasteiger partial charge in [-0.05, 0) is 25.3 Å². The lowest BCUT2D eigenvalue weighted by Gasteiger charge is -2.40. The molecule has 3 rings (SSSR count). The molecule has 1 heterocycles. The third-order valence-corrected chi connectivity index (χ3v) is 4.21. The molecule has 4 heteroatoms. The molecule has 1 saturated carbocycles. The van der Waals surface area contributed by atoms with Crippen LogP contribution in [0.4, 0.5) is 5.82 Å². The van der Waals surface area contributed by atoms with Gasteiger partial charge in [0.05, 0.1) is 11.1 Å². The second-order valence-electron chi connectivity index (χ2n) is 5.55. The van der Waals surface area contributed by atoms with Crippen LogP contribution in [0.15, 0.2) is 36.4 Å². The molecule has 1 fully saturated rings. The lowest BCUT2D eigenvalue weighted by atomic mass is 9.64. The zero-order chi connectivity index (χ0) is 14.2. The number of anilines is 1. The van der Waals surface area contributed by atoms with Crippen LogP contribution in [0.3, 0.4) is 0 Å². The van der Waals surface area contributed by atoms with Gasteiger partial charge in [-0.2, -0.15) is 5.10 Å². The number of carbonyl (C=O) groups is 1. The van der Waals surface area contributed by atoms with Crippen LogP contribution in [0, 0.1) is 6.92 Å². The highest BCUT2D eigenvalue weighted by Gasteiger charge is 2.45. The number of amides is 1. The van der Waals surface area contributed by atoms with Crippen LogP contribution < -0.4 is 5.32 Å². The van der Waals surface area contributed by atoms with Gasteiger partial charge in [0.15, 0.2) is 0 Å². The minimum Gasteiger partial charge on any atom is -0.310 e. The minimum absolute atomic E-state index is 0.0814. The lowest BCUT2D eigenvalue weighted by molar-refractivity contribution is -0.124. The summed E-state index contributed by atoms with van der Waals surface area (Å²) in [4.78, 5) is 12.7. The van der Waals surface area contributed by atoms with Gasteiger partial charge in [0.25, 0.3) is 0 Å². The van der Waals surface area contributed by atoms with Crippen LogP contribution in [0.25, 0.3) is 0 Å². The Balaban J connectivity index is 1.87. The molecule has 20 heavy (non-hydrogen) atoms. The van der Waals surface area contributed by atoms with E-state index in [9.17, 15) is 4.79 Å². The Kier molecular flexibility index (Phi) is 3.08. The summed E-state index contributed by atoms with van der Waals surface area (Å²) in [6.45, 7) is 1.92. The van der Waals surface area contributed by atoms with Gasteiger partial charge in [-0.3, -0.25) is 9.48 Å². The summed E-state index contributed by atoms with van der Waals surface area (Å²) in [6, 6.07) is 12.0. The first-order chi connectivity index (χ1) is 9.62. The van der Waals surface area contributed by atoms with Crippen molar-refractivity contribution in [2.75, 3.05) is 5.32 Å². The number of nitrogens with zero attached hydrogens (tertiary/aromatic N) is 2. The SMILES string of the molecule is Cc1cc(NC(=O)C2(c3ccccc3)CCC2)n(C)n1. The number of hydrogen-bond acceptors (Lipinski definition) is 2. The monoisotopic (exact) mass is 269 g/mol.